The maximum atomic E-state index is 13.5. The van der Waals surface area contributed by atoms with Crippen molar-refractivity contribution >= 4 is 39.1 Å². The van der Waals surface area contributed by atoms with Crippen molar-refractivity contribution in [2.45, 2.75) is 12.7 Å². The number of primary amides is 1. The maximum Gasteiger partial charge on any atom is 0.421 e. The standard InChI is InChI=1S/C19H19F3N8O3S/c1-30(34(2,32)33)15-4-3-7-24-14(15)10-26-17-12(19(20,21)22)9-27-18(29-17)28-11-5-6-13(16(23)31)25-8-11/h3-9H,10H2,1-2H3,(H2,23,31)(H2,26,27,28,29). The average molecular weight is 496 g/mol. The van der Waals surface area contributed by atoms with Crippen LogP contribution in [0.2, 0.25) is 0 Å². The number of aromatic nitrogens is 4. The molecule has 0 bridgehead atoms. The van der Waals surface area contributed by atoms with E-state index >= 15 is 0 Å². The van der Waals surface area contributed by atoms with Gasteiger partial charge in [0.05, 0.1) is 36.1 Å². The topological polar surface area (TPSA) is 156 Å². The van der Waals surface area contributed by atoms with Crippen LogP contribution < -0.4 is 20.7 Å². The number of hydrogen-bond donors (Lipinski definition) is 3. The van der Waals surface area contributed by atoms with Crippen molar-refractivity contribution in [2.75, 3.05) is 28.2 Å². The number of rotatable bonds is 8. The van der Waals surface area contributed by atoms with Crippen LogP contribution in [-0.4, -0.2) is 47.6 Å². The van der Waals surface area contributed by atoms with Crippen molar-refractivity contribution in [3.05, 3.63) is 59.8 Å². The first-order valence-corrected chi connectivity index (χ1v) is 11.3. The lowest BCUT2D eigenvalue weighted by molar-refractivity contribution is -0.137. The van der Waals surface area contributed by atoms with Gasteiger partial charge in [0.15, 0.2) is 0 Å². The monoisotopic (exact) mass is 496 g/mol. The molecule has 0 saturated heterocycles. The van der Waals surface area contributed by atoms with Crippen LogP contribution in [0.1, 0.15) is 21.7 Å². The summed E-state index contributed by atoms with van der Waals surface area (Å²) in [7, 11) is -2.32. The fraction of sp³-hybridized carbons (Fsp3) is 0.211. The van der Waals surface area contributed by atoms with Crippen LogP contribution in [0.5, 0.6) is 0 Å². The van der Waals surface area contributed by atoms with Crippen LogP contribution in [-0.2, 0) is 22.7 Å². The Morgan fingerprint density at radius 2 is 1.88 bits per heavy atom. The summed E-state index contributed by atoms with van der Waals surface area (Å²) in [6, 6.07) is 5.74. The van der Waals surface area contributed by atoms with E-state index in [-0.39, 0.29) is 29.6 Å². The zero-order chi connectivity index (χ0) is 25.1. The minimum Gasteiger partial charge on any atom is -0.364 e. The molecule has 0 aromatic carbocycles. The van der Waals surface area contributed by atoms with E-state index in [1.165, 1.54) is 43.7 Å². The summed E-state index contributed by atoms with van der Waals surface area (Å²) in [6.07, 6.45) is -0.536. The predicted octanol–water partition coefficient (Wildman–Crippen LogP) is 2.14. The molecule has 0 aliphatic rings. The van der Waals surface area contributed by atoms with E-state index in [9.17, 15) is 26.4 Å². The molecule has 1 amide bonds. The Kier molecular flexibility index (Phi) is 6.85. The van der Waals surface area contributed by atoms with Crippen molar-refractivity contribution in [3.63, 3.8) is 0 Å². The highest BCUT2D eigenvalue weighted by Gasteiger charge is 2.35. The Morgan fingerprint density at radius 3 is 2.47 bits per heavy atom. The van der Waals surface area contributed by atoms with E-state index in [0.29, 0.717) is 11.9 Å². The summed E-state index contributed by atoms with van der Waals surface area (Å²) < 4.78 is 65.3. The molecule has 0 saturated carbocycles. The number of alkyl halides is 3. The minimum absolute atomic E-state index is 0.00599. The highest BCUT2D eigenvalue weighted by atomic mass is 32.2. The van der Waals surface area contributed by atoms with Crippen molar-refractivity contribution in [1.29, 1.82) is 0 Å². The largest absolute Gasteiger partial charge is 0.421 e. The van der Waals surface area contributed by atoms with Gasteiger partial charge in [-0.2, -0.15) is 18.2 Å². The van der Waals surface area contributed by atoms with Gasteiger partial charge in [-0.1, -0.05) is 0 Å². The molecule has 0 spiro atoms. The Morgan fingerprint density at radius 1 is 1.15 bits per heavy atom. The highest BCUT2D eigenvalue weighted by Crippen LogP contribution is 2.34. The molecule has 11 nitrogen and oxygen atoms in total. The number of hydrogen-bond acceptors (Lipinski definition) is 9. The van der Waals surface area contributed by atoms with E-state index < -0.39 is 33.5 Å². The number of pyridine rings is 2. The second kappa shape index (κ2) is 9.46. The molecule has 0 aliphatic carbocycles. The summed E-state index contributed by atoms with van der Waals surface area (Å²) in [5.41, 5.74) is 4.68. The van der Waals surface area contributed by atoms with E-state index in [1.54, 1.807) is 0 Å². The predicted molar refractivity (Wildman–Crippen MR) is 118 cm³/mol. The van der Waals surface area contributed by atoms with Crippen molar-refractivity contribution in [3.8, 4) is 0 Å². The van der Waals surface area contributed by atoms with Crippen LogP contribution in [0.25, 0.3) is 0 Å². The van der Waals surface area contributed by atoms with Crippen molar-refractivity contribution in [2.24, 2.45) is 5.73 Å². The lowest BCUT2D eigenvalue weighted by Gasteiger charge is -2.20. The lowest BCUT2D eigenvalue weighted by atomic mass is 10.2. The zero-order valence-corrected chi connectivity index (χ0v) is 18.6. The molecule has 0 aliphatic heterocycles. The molecule has 0 unspecified atom stereocenters. The number of halogens is 3. The van der Waals surface area contributed by atoms with Gasteiger partial charge in [0, 0.05) is 19.4 Å². The second-order valence-corrected chi connectivity index (χ2v) is 8.94. The number of carbonyl (C=O) groups is 1. The van der Waals surface area contributed by atoms with E-state index in [1.807, 2.05) is 0 Å². The molecule has 3 aromatic rings. The number of nitrogens with zero attached hydrogens (tertiary/aromatic N) is 5. The van der Waals surface area contributed by atoms with Gasteiger partial charge < -0.3 is 16.4 Å². The molecule has 0 atom stereocenters. The van der Waals surface area contributed by atoms with Gasteiger partial charge in [0.2, 0.25) is 16.0 Å². The van der Waals surface area contributed by atoms with Gasteiger partial charge in [0.1, 0.15) is 17.1 Å². The van der Waals surface area contributed by atoms with Gasteiger partial charge >= 0.3 is 6.18 Å². The van der Waals surface area contributed by atoms with Gasteiger partial charge in [-0.25, -0.2) is 18.4 Å². The zero-order valence-electron chi connectivity index (χ0n) is 17.8. The highest BCUT2D eigenvalue weighted by molar-refractivity contribution is 7.92. The van der Waals surface area contributed by atoms with Crippen LogP contribution in [0.15, 0.2) is 42.9 Å². The Labute approximate surface area is 192 Å². The first-order chi connectivity index (χ1) is 15.9. The summed E-state index contributed by atoms with van der Waals surface area (Å²) >= 11 is 0. The van der Waals surface area contributed by atoms with Crippen molar-refractivity contribution < 1.29 is 26.4 Å². The smallest absolute Gasteiger partial charge is 0.364 e. The van der Waals surface area contributed by atoms with Gasteiger partial charge in [-0.05, 0) is 24.3 Å². The third kappa shape index (κ3) is 5.86. The van der Waals surface area contributed by atoms with Gasteiger partial charge in [-0.3, -0.25) is 14.1 Å². The van der Waals surface area contributed by atoms with Crippen LogP contribution in [0.3, 0.4) is 0 Å². The molecular weight excluding hydrogens is 477 g/mol. The molecule has 34 heavy (non-hydrogen) atoms. The lowest BCUT2D eigenvalue weighted by Crippen LogP contribution is -2.26. The third-order valence-electron chi connectivity index (χ3n) is 4.49. The fourth-order valence-electron chi connectivity index (χ4n) is 2.73. The molecular formula is C19H19F3N8O3S. The molecule has 3 rings (SSSR count). The number of amides is 1. The molecule has 15 heteroatoms. The van der Waals surface area contributed by atoms with Gasteiger partial charge in [0.25, 0.3) is 5.91 Å². The first-order valence-electron chi connectivity index (χ1n) is 9.45. The number of sulfonamides is 1. The molecule has 3 aromatic heterocycles. The summed E-state index contributed by atoms with van der Waals surface area (Å²) in [5.74, 6) is -1.47. The Hall–Kier alpha value is -4.01. The average Bonchev–Trinajstić information content (AvgIpc) is 2.76. The molecule has 0 fully saturated rings. The fourth-order valence-corrected chi connectivity index (χ4v) is 3.25. The Balaban J connectivity index is 1.89. The van der Waals surface area contributed by atoms with Crippen LogP contribution in [0, 0.1) is 0 Å². The normalized spacial score (nSPS) is 11.7. The summed E-state index contributed by atoms with van der Waals surface area (Å²) in [4.78, 5) is 26.6. The van der Waals surface area contributed by atoms with E-state index in [0.717, 1.165) is 10.6 Å². The SMILES string of the molecule is CN(c1cccnc1CNc1nc(Nc2ccc(C(N)=O)nc2)ncc1C(F)(F)F)S(C)(=O)=O. The summed E-state index contributed by atoms with van der Waals surface area (Å²) in [5, 5.41) is 5.25. The molecule has 4 N–H and O–H groups in total. The molecule has 3 heterocycles. The first kappa shape index (κ1) is 24.6. The van der Waals surface area contributed by atoms with Crippen LogP contribution in [0.4, 0.5) is 36.3 Å². The molecule has 180 valence electrons. The number of anilines is 4. The minimum atomic E-state index is -4.76. The third-order valence-corrected chi connectivity index (χ3v) is 5.68. The number of nitrogens with two attached hydrogens (primary N) is 1. The number of carbonyl (C=O) groups excluding carboxylic acids is 1. The quantitative estimate of drug-likeness (QED) is 0.425. The van der Waals surface area contributed by atoms with Gasteiger partial charge in [-0.15, -0.1) is 0 Å². The Bertz CT molecular complexity index is 1300. The van der Waals surface area contributed by atoms with E-state index in [4.69, 9.17) is 5.73 Å². The number of nitrogens with one attached hydrogen (secondary N) is 2. The van der Waals surface area contributed by atoms with E-state index in [2.05, 4.69) is 30.6 Å². The molecule has 0 radical (unpaired) electrons. The second-order valence-electron chi connectivity index (χ2n) is 6.93. The van der Waals surface area contributed by atoms with Crippen LogP contribution >= 0.6 is 0 Å². The summed E-state index contributed by atoms with van der Waals surface area (Å²) in [6.45, 7) is -0.259. The maximum absolute atomic E-state index is 13.5. The van der Waals surface area contributed by atoms with Crippen molar-refractivity contribution in [1.82, 2.24) is 19.9 Å².